The second kappa shape index (κ2) is 11.3. The van der Waals surface area contributed by atoms with Crippen molar-refractivity contribution in [2.75, 3.05) is 6.61 Å². The number of benzene rings is 2. The van der Waals surface area contributed by atoms with Crippen molar-refractivity contribution in [2.24, 2.45) is 0 Å². The number of nitrogens with zero attached hydrogens (tertiary/aromatic N) is 1. The third-order valence-electron chi connectivity index (χ3n) is 5.01. The Morgan fingerprint density at radius 3 is 2.35 bits per heavy atom. The molecule has 0 heterocycles. The van der Waals surface area contributed by atoms with Crippen LogP contribution >= 0.6 is 15.9 Å². The fourth-order valence-electron chi connectivity index (χ4n) is 3.21. The zero-order chi connectivity index (χ0) is 23.1. The van der Waals surface area contributed by atoms with Gasteiger partial charge in [0.2, 0.25) is 5.91 Å². The van der Waals surface area contributed by atoms with Crippen molar-refractivity contribution in [3.8, 4) is 5.75 Å². The Balaban J connectivity index is 2.18. The molecule has 1 N–H and O–H groups in total. The van der Waals surface area contributed by atoms with Gasteiger partial charge < -0.3 is 15.0 Å². The highest BCUT2D eigenvalue weighted by molar-refractivity contribution is 9.10. The van der Waals surface area contributed by atoms with Crippen LogP contribution in [0.2, 0.25) is 0 Å². The molecule has 0 bridgehead atoms. The maximum absolute atomic E-state index is 13.1. The molecule has 0 fully saturated rings. The van der Waals surface area contributed by atoms with Crippen LogP contribution in [0.1, 0.15) is 57.2 Å². The van der Waals surface area contributed by atoms with Crippen LogP contribution in [0.5, 0.6) is 5.75 Å². The van der Waals surface area contributed by atoms with E-state index in [-0.39, 0.29) is 24.5 Å². The SMILES string of the molecule is Cc1cccc(CN(C(=O)COc2ccc(C(C)C)cc2Br)[C@@H](C)C(=O)NC(C)C)c1. The van der Waals surface area contributed by atoms with Gasteiger partial charge in [-0.3, -0.25) is 9.59 Å². The number of rotatable bonds is 9. The highest BCUT2D eigenvalue weighted by Crippen LogP contribution is 2.29. The Morgan fingerprint density at radius 1 is 1.06 bits per heavy atom. The maximum Gasteiger partial charge on any atom is 0.261 e. The minimum Gasteiger partial charge on any atom is -0.483 e. The van der Waals surface area contributed by atoms with Gasteiger partial charge in [-0.2, -0.15) is 0 Å². The van der Waals surface area contributed by atoms with Gasteiger partial charge in [0.15, 0.2) is 6.61 Å². The molecule has 0 aliphatic heterocycles. The van der Waals surface area contributed by atoms with E-state index in [2.05, 4.69) is 35.1 Å². The normalized spacial score (nSPS) is 12.0. The minimum atomic E-state index is -0.620. The van der Waals surface area contributed by atoms with E-state index in [1.165, 1.54) is 5.56 Å². The molecule has 5 nitrogen and oxygen atoms in total. The number of carbonyl (C=O) groups excluding carboxylic acids is 2. The van der Waals surface area contributed by atoms with E-state index in [4.69, 9.17) is 4.74 Å². The van der Waals surface area contributed by atoms with Crippen molar-refractivity contribution < 1.29 is 14.3 Å². The molecular formula is C25H33BrN2O3. The van der Waals surface area contributed by atoms with Gasteiger partial charge in [0.05, 0.1) is 4.47 Å². The number of hydrogen-bond acceptors (Lipinski definition) is 3. The zero-order valence-electron chi connectivity index (χ0n) is 19.2. The molecule has 2 aromatic carbocycles. The average molecular weight is 489 g/mol. The number of halogens is 1. The summed E-state index contributed by atoms with van der Waals surface area (Å²) in [5.74, 6) is 0.580. The second-order valence-electron chi connectivity index (χ2n) is 8.48. The molecule has 0 aromatic heterocycles. The molecule has 2 aromatic rings. The lowest BCUT2D eigenvalue weighted by Gasteiger charge is -2.29. The lowest BCUT2D eigenvalue weighted by Crippen LogP contribution is -2.50. The predicted molar refractivity (Wildman–Crippen MR) is 128 cm³/mol. The van der Waals surface area contributed by atoms with Crippen LogP contribution in [-0.2, 0) is 16.1 Å². The first kappa shape index (κ1) is 24.9. The summed E-state index contributed by atoms with van der Waals surface area (Å²) in [4.78, 5) is 27.3. The number of ether oxygens (including phenoxy) is 1. The van der Waals surface area contributed by atoms with Crippen molar-refractivity contribution in [2.45, 2.75) is 66.1 Å². The molecule has 0 radical (unpaired) electrons. The van der Waals surface area contributed by atoms with Crippen LogP contribution in [0.15, 0.2) is 46.9 Å². The number of aryl methyl sites for hydroxylation is 1. The van der Waals surface area contributed by atoms with E-state index >= 15 is 0 Å². The Bertz CT molecular complexity index is 911. The summed E-state index contributed by atoms with van der Waals surface area (Å²) >= 11 is 3.53. The van der Waals surface area contributed by atoms with Crippen LogP contribution in [0.3, 0.4) is 0 Å². The molecule has 0 spiro atoms. The zero-order valence-corrected chi connectivity index (χ0v) is 20.8. The van der Waals surface area contributed by atoms with Gasteiger partial charge in [-0.15, -0.1) is 0 Å². The van der Waals surface area contributed by atoms with E-state index in [0.29, 0.717) is 18.2 Å². The summed E-state index contributed by atoms with van der Waals surface area (Å²) < 4.78 is 6.62. The minimum absolute atomic E-state index is 0.00227. The van der Waals surface area contributed by atoms with Crippen LogP contribution in [0, 0.1) is 6.92 Å². The standard InChI is InChI=1S/C25H33BrN2O3/c1-16(2)21-10-11-23(22(26)13-21)31-15-24(29)28(19(6)25(30)27-17(3)4)14-20-9-7-8-18(5)12-20/h7-13,16-17,19H,14-15H2,1-6H3,(H,27,30)/t19-/m0/s1. The predicted octanol–water partition coefficient (Wildman–Crippen LogP) is 5.20. The molecule has 0 saturated heterocycles. The van der Waals surface area contributed by atoms with Crippen molar-refractivity contribution in [3.05, 3.63) is 63.6 Å². The third-order valence-corrected chi connectivity index (χ3v) is 5.63. The van der Waals surface area contributed by atoms with Crippen LogP contribution in [0.4, 0.5) is 0 Å². The Kier molecular flexibility index (Phi) is 9.11. The largest absolute Gasteiger partial charge is 0.483 e. The van der Waals surface area contributed by atoms with Gasteiger partial charge in [-0.1, -0.05) is 49.7 Å². The summed E-state index contributed by atoms with van der Waals surface area (Å²) in [5.41, 5.74) is 3.26. The first-order valence-electron chi connectivity index (χ1n) is 10.7. The fourth-order valence-corrected chi connectivity index (χ4v) is 3.72. The monoisotopic (exact) mass is 488 g/mol. The molecule has 0 unspecified atom stereocenters. The molecule has 1 atom stereocenters. The number of carbonyl (C=O) groups is 2. The molecule has 2 rings (SSSR count). The highest BCUT2D eigenvalue weighted by atomic mass is 79.9. The van der Waals surface area contributed by atoms with Gasteiger partial charge in [0.25, 0.3) is 5.91 Å². The summed E-state index contributed by atoms with van der Waals surface area (Å²) in [6, 6.07) is 13.2. The smallest absolute Gasteiger partial charge is 0.261 e. The van der Waals surface area contributed by atoms with E-state index in [1.54, 1.807) is 11.8 Å². The fraction of sp³-hybridized carbons (Fsp3) is 0.440. The molecular weight excluding hydrogens is 456 g/mol. The van der Waals surface area contributed by atoms with Crippen molar-refractivity contribution in [1.29, 1.82) is 0 Å². The summed E-state index contributed by atoms with van der Waals surface area (Å²) in [6.45, 7) is 12.0. The first-order chi connectivity index (χ1) is 14.6. The van der Waals surface area contributed by atoms with E-state index in [9.17, 15) is 9.59 Å². The van der Waals surface area contributed by atoms with E-state index < -0.39 is 6.04 Å². The first-order valence-corrected chi connectivity index (χ1v) is 11.5. The quantitative estimate of drug-likeness (QED) is 0.527. The van der Waals surface area contributed by atoms with E-state index in [0.717, 1.165) is 15.6 Å². The Hall–Kier alpha value is -2.34. The average Bonchev–Trinajstić information content (AvgIpc) is 2.69. The molecule has 31 heavy (non-hydrogen) atoms. The number of nitrogens with one attached hydrogen (secondary N) is 1. The molecule has 0 aliphatic carbocycles. The van der Waals surface area contributed by atoms with Gasteiger partial charge >= 0.3 is 0 Å². The molecule has 168 valence electrons. The summed E-state index contributed by atoms with van der Waals surface area (Å²) in [6.07, 6.45) is 0. The second-order valence-corrected chi connectivity index (χ2v) is 9.34. The van der Waals surface area contributed by atoms with Gasteiger partial charge in [0.1, 0.15) is 11.8 Å². The maximum atomic E-state index is 13.1. The van der Waals surface area contributed by atoms with Gasteiger partial charge in [-0.05, 0) is 72.8 Å². The topological polar surface area (TPSA) is 58.6 Å². The summed E-state index contributed by atoms with van der Waals surface area (Å²) in [7, 11) is 0. The Labute approximate surface area is 194 Å². The van der Waals surface area contributed by atoms with E-state index in [1.807, 2.05) is 63.2 Å². The highest BCUT2D eigenvalue weighted by Gasteiger charge is 2.27. The molecule has 0 saturated carbocycles. The lowest BCUT2D eigenvalue weighted by molar-refractivity contribution is -0.142. The van der Waals surface area contributed by atoms with Gasteiger partial charge in [-0.25, -0.2) is 0 Å². The van der Waals surface area contributed by atoms with Crippen LogP contribution < -0.4 is 10.1 Å². The van der Waals surface area contributed by atoms with Crippen LogP contribution in [0.25, 0.3) is 0 Å². The van der Waals surface area contributed by atoms with Crippen molar-refractivity contribution >= 4 is 27.7 Å². The summed E-state index contributed by atoms with van der Waals surface area (Å²) in [5, 5.41) is 2.89. The van der Waals surface area contributed by atoms with Crippen LogP contribution in [-0.4, -0.2) is 35.4 Å². The van der Waals surface area contributed by atoms with Crippen molar-refractivity contribution in [1.82, 2.24) is 10.2 Å². The number of hydrogen-bond donors (Lipinski definition) is 1. The number of amides is 2. The lowest BCUT2D eigenvalue weighted by atomic mass is 10.0. The molecule has 2 amide bonds. The Morgan fingerprint density at radius 2 is 1.77 bits per heavy atom. The third kappa shape index (κ3) is 7.39. The van der Waals surface area contributed by atoms with Crippen molar-refractivity contribution in [3.63, 3.8) is 0 Å². The molecule has 0 aliphatic rings. The van der Waals surface area contributed by atoms with Gasteiger partial charge in [0, 0.05) is 12.6 Å². The molecule has 6 heteroatoms.